The second-order valence-corrected chi connectivity index (χ2v) is 13.7. The predicted octanol–water partition coefficient (Wildman–Crippen LogP) is 7.95. The zero-order valence-electron chi connectivity index (χ0n) is 25.3. The van der Waals surface area contributed by atoms with Crippen LogP contribution >= 0.6 is 0 Å². The molecule has 1 N–H and O–H groups in total. The standard InChI is InChI=1S/C35H47F2N3O/c1-25-21-29-28-14-5-6-15-30(28)38-32(29)33(40(25)24-35(37)16-9-17-35)27-13-7-11-26(22-27)12-8-19-39(20-10-18-36)31(41)23-34(2,3)4/h5-7,11,13-15,22,25,33,38H,8-10,12,16-21,23-24H2,1-4H3/t25-,33?/m1/s1. The molecule has 2 atom stereocenters. The van der Waals surface area contributed by atoms with E-state index in [1.54, 1.807) is 0 Å². The van der Waals surface area contributed by atoms with E-state index in [9.17, 15) is 9.18 Å². The van der Waals surface area contributed by atoms with Crippen LogP contribution in [0, 0.1) is 5.41 Å². The lowest BCUT2D eigenvalue weighted by Gasteiger charge is -2.46. The van der Waals surface area contributed by atoms with Gasteiger partial charge in [-0.3, -0.25) is 14.1 Å². The fourth-order valence-corrected chi connectivity index (χ4v) is 6.73. The third-order valence-corrected chi connectivity index (χ3v) is 8.99. The number of amides is 1. The Morgan fingerprint density at radius 2 is 1.85 bits per heavy atom. The van der Waals surface area contributed by atoms with Gasteiger partial charge >= 0.3 is 0 Å². The molecule has 4 nitrogen and oxygen atoms in total. The van der Waals surface area contributed by atoms with Crippen molar-refractivity contribution < 1.29 is 13.6 Å². The van der Waals surface area contributed by atoms with Crippen LogP contribution in [-0.4, -0.2) is 58.7 Å². The molecule has 0 spiro atoms. The largest absolute Gasteiger partial charge is 0.357 e. The molecule has 1 unspecified atom stereocenters. The second-order valence-electron chi connectivity index (χ2n) is 13.7. The molecule has 1 saturated carbocycles. The molecule has 1 aliphatic carbocycles. The van der Waals surface area contributed by atoms with E-state index in [1.807, 2.05) is 4.90 Å². The van der Waals surface area contributed by atoms with Gasteiger partial charge in [0.25, 0.3) is 0 Å². The minimum absolute atomic E-state index is 0.0382. The summed E-state index contributed by atoms with van der Waals surface area (Å²) in [5.74, 6) is 0.106. The van der Waals surface area contributed by atoms with Gasteiger partial charge in [-0.1, -0.05) is 63.2 Å². The predicted molar refractivity (Wildman–Crippen MR) is 164 cm³/mol. The summed E-state index contributed by atoms with van der Waals surface area (Å²) in [5, 5.41) is 1.27. The van der Waals surface area contributed by atoms with Crippen molar-refractivity contribution in [1.29, 1.82) is 0 Å². The van der Waals surface area contributed by atoms with Crippen molar-refractivity contribution in [3.8, 4) is 0 Å². The van der Waals surface area contributed by atoms with Gasteiger partial charge in [-0.25, -0.2) is 4.39 Å². The molecular formula is C35H47F2N3O. The Hall–Kier alpha value is -2.73. The van der Waals surface area contributed by atoms with Crippen LogP contribution in [-0.2, 0) is 17.6 Å². The van der Waals surface area contributed by atoms with Crippen molar-refractivity contribution in [3.63, 3.8) is 0 Å². The summed E-state index contributed by atoms with van der Waals surface area (Å²) in [4.78, 5) is 20.9. The Labute approximate surface area is 244 Å². The number of H-pyrrole nitrogens is 1. The van der Waals surface area contributed by atoms with Crippen molar-refractivity contribution in [2.24, 2.45) is 5.41 Å². The molecule has 2 aromatic carbocycles. The minimum atomic E-state index is -1.10. The average Bonchev–Trinajstić information content (AvgIpc) is 3.27. The number of aromatic amines is 1. The molecule has 1 amide bonds. The van der Waals surface area contributed by atoms with E-state index in [0.717, 1.165) is 31.2 Å². The van der Waals surface area contributed by atoms with E-state index >= 15 is 4.39 Å². The lowest BCUT2D eigenvalue weighted by Crippen LogP contribution is -2.51. The molecule has 5 rings (SSSR count). The van der Waals surface area contributed by atoms with Crippen LogP contribution in [0.25, 0.3) is 10.9 Å². The van der Waals surface area contributed by atoms with Gasteiger partial charge in [0.1, 0.15) is 5.67 Å². The SMILES string of the molecule is C[C@@H]1Cc2c([nH]c3ccccc23)C(c2cccc(CCCN(CCCF)C(=O)CC(C)(C)C)c2)N1CC1(F)CCC1. The van der Waals surface area contributed by atoms with Gasteiger partial charge in [-0.05, 0) is 80.0 Å². The minimum Gasteiger partial charge on any atom is -0.357 e. The molecule has 0 radical (unpaired) electrons. The maximum Gasteiger partial charge on any atom is 0.223 e. The number of alkyl halides is 2. The van der Waals surface area contributed by atoms with E-state index in [4.69, 9.17) is 0 Å². The van der Waals surface area contributed by atoms with Gasteiger partial charge < -0.3 is 9.88 Å². The van der Waals surface area contributed by atoms with Crippen molar-refractivity contribution in [2.75, 3.05) is 26.3 Å². The number of nitrogens with zero attached hydrogens (tertiary/aromatic N) is 2. The summed E-state index contributed by atoms with van der Waals surface area (Å²) < 4.78 is 28.6. The molecular weight excluding hydrogens is 516 g/mol. The zero-order valence-corrected chi connectivity index (χ0v) is 25.3. The first-order valence-corrected chi connectivity index (χ1v) is 15.5. The molecule has 2 aliphatic rings. The topological polar surface area (TPSA) is 39.3 Å². The molecule has 41 heavy (non-hydrogen) atoms. The number of nitrogens with one attached hydrogen (secondary N) is 1. The van der Waals surface area contributed by atoms with Crippen LogP contribution < -0.4 is 0 Å². The molecule has 1 fully saturated rings. The first kappa shape index (κ1) is 29.8. The highest BCUT2D eigenvalue weighted by Crippen LogP contribution is 2.45. The van der Waals surface area contributed by atoms with Gasteiger partial charge in [0.15, 0.2) is 0 Å². The van der Waals surface area contributed by atoms with E-state index in [-0.39, 0.29) is 23.4 Å². The van der Waals surface area contributed by atoms with Gasteiger partial charge in [0.2, 0.25) is 5.91 Å². The number of halogens is 2. The van der Waals surface area contributed by atoms with Crippen molar-refractivity contribution >= 4 is 16.8 Å². The number of aryl methyl sites for hydroxylation is 1. The summed E-state index contributed by atoms with van der Waals surface area (Å²) in [6.07, 6.45) is 5.67. The van der Waals surface area contributed by atoms with E-state index < -0.39 is 12.3 Å². The lowest BCUT2D eigenvalue weighted by atomic mass is 9.79. The summed E-state index contributed by atoms with van der Waals surface area (Å²) >= 11 is 0. The number of carbonyl (C=O) groups excluding carboxylic acids is 1. The summed E-state index contributed by atoms with van der Waals surface area (Å²) in [6, 6.07) is 17.4. The maximum absolute atomic E-state index is 15.6. The number of carbonyl (C=O) groups is 1. The highest BCUT2D eigenvalue weighted by molar-refractivity contribution is 5.85. The van der Waals surface area contributed by atoms with Crippen LogP contribution in [0.5, 0.6) is 0 Å². The molecule has 0 saturated heterocycles. The zero-order chi connectivity index (χ0) is 29.2. The van der Waals surface area contributed by atoms with E-state index in [2.05, 4.69) is 86.1 Å². The molecule has 1 aromatic heterocycles. The second kappa shape index (κ2) is 12.2. The quantitative estimate of drug-likeness (QED) is 0.257. The number of hydrogen-bond donors (Lipinski definition) is 1. The van der Waals surface area contributed by atoms with Gasteiger partial charge in [0.05, 0.1) is 12.7 Å². The Kier molecular flexibility index (Phi) is 8.89. The lowest BCUT2D eigenvalue weighted by molar-refractivity contribution is -0.133. The van der Waals surface area contributed by atoms with Gasteiger partial charge in [-0.15, -0.1) is 0 Å². The average molecular weight is 564 g/mol. The molecule has 1 aliphatic heterocycles. The number of para-hydroxylation sites is 1. The summed E-state index contributed by atoms with van der Waals surface area (Å²) in [6.45, 7) is 9.57. The molecule has 0 bridgehead atoms. The maximum atomic E-state index is 15.6. The number of hydrogen-bond acceptors (Lipinski definition) is 2. The number of benzene rings is 2. The van der Waals surface area contributed by atoms with Gasteiger partial charge in [-0.2, -0.15) is 0 Å². The van der Waals surface area contributed by atoms with Crippen LogP contribution in [0.3, 0.4) is 0 Å². The number of rotatable bonds is 11. The summed E-state index contributed by atoms with van der Waals surface area (Å²) in [5.41, 5.74) is 4.88. The van der Waals surface area contributed by atoms with Crippen LogP contribution in [0.2, 0.25) is 0 Å². The first-order valence-electron chi connectivity index (χ1n) is 15.5. The third-order valence-electron chi connectivity index (χ3n) is 8.99. The molecule has 6 heteroatoms. The number of aromatic nitrogens is 1. The molecule has 3 aromatic rings. The van der Waals surface area contributed by atoms with E-state index in [1.165, 1.54) is 27.8 Å². The highest BCUT2D eigenvalue weighted by Gasteiger charge is 2.44. The van der Waals surface area contributed by atoms with Crippen molar-refractivity contribution in [1.82, 2.24) is 14.8 Å². The number of fused-ring (bicyclic) bond motifs is 3. The Balaban J connectivity index is 1.38. The van der Waals surface area contributed by atoms with Crippen LogP contribution in [0.4, 0.5) is 8.78 Å². The van der Waals surface area contributed by atoms with Crippen molar-refractivity contribution in [3.05, 3.63) is 70.9 Å². The third kappa shape index (κ3) is 6.85. The Bertz CT molecular complexity index is 1340. The van der Waals surface area contributed by atoms with Gasteiger partial charge in [0, 0.05) is 48.7 Å². The Morgan fingerprint density at radius 1 is 1.10 bits per heavy atom. The Morgan fingerprint density at radius 3 is 2.56 bits per heavy atom. The van der Waals surface area contributed by atoms with Crippen LogP contribution in [0.1, 0.15) is 94.6 Å². The summed E-state index contributed by atoms with van der Waals surface area (Å²) in [7, 11) is 0. The molecule has 222 valence electrons. The smallest absolute Gasteiger partial charge is 0.223 e. The fraction of sp³-hybridized carbons (Fsp3) is 0.571. The van der Waals surface area contributed by atoms with Crippen molar-refractivity contribution in [2.45, 2.75) is 96.8 Å². The monoisotopic (exact) mass is 563 g/mol. The van der Waals surface area contributed by atoms with Crippen LogP contribution in [0.15, 0.2) is 48.5 Å². The first-order chi connectivity index (χ1) is 19.6. The molecule has 2 heterocycles. The highest BCUT2D eigenvalue weighted by atomic mass is 19.1. The normalized spacial score (nSPS) is 20.5. The fourth-order valence-electron chi connectivity index (χ4n) is 6.73. The van der Waals surface area contributed by atoms with E-state index in [0.29, 0.717) is 45.3 Å².